The molecule has 0 radical (unpaired) electrons. The van der Waals surface area contributed by atoms with Gasteiger partial charge in [0.25, 0.3) is 0 Å². The maximum absolute atomic E-state index is 10.5. The summed E-state index contributed by atoms with van der Waals surface area (Å²) in [5.41, 5.74) is -0.565. The summed E-state index contributed by atoms with van der Waals surface area (Å²) in [4.78, 5) is 19.8. The minimum absolute atomic E-state index is 0.340. The van der Waals surface area contributed by atoms with Crippen molar-refractivity contribution in [3.8, 4) is 0 Å². The Morgan fingerprint density at radius 3 is 2.62 bits per heavy atom. The van der Waals surface area contributed by atoms with E-state index in [2.05, 4.69) is 5.32 Å². The van der Waals surface area contributed by atoms with Crippen molar-refractivity contribution < 1.29 is 14.8 Å². The van der Waals surface area contributed by atoms with E-state index in [9.17, 15) is 14.9 Å². The Bertz CT molecular complexity index is 443. The van der Waals surface area contributed by atoms with Crippen LogP contribution in [-0.2, 0) is 4.79 Å². The Kier molecular flexibility index (Phi) is 3.84. The predicted octanol–water partition coefficient (Wildman–Crippen LogP) is 1.95. The molecule has 6 nitrogen and oxygen atoms in total. The van der Waals surface area contributed by atoms with E-state index in [4.69, 9.17) is 16.7 Å². The van der Waals surface area contributed by atoms with Crippen molar-refractivity contribution in [2.24, 2.45) is 0 Å². The van der Waals surface area contributed by atoms with Crippen LogP contribution in [0.15, 0.2) is 36.2 Å². The number of carboxylic acid groups (broad SMARTS) is 1. The van der Waals surface area contributed by atoms with Crippen LogP contribution in [0, 0.1) is 10.1 Å². The number of nitrogens with one attached hydrogen (secondary N) is 1. The SMILES string of the molecule is O=C(O)C(=CNc1ccccc1Cl)[N+](=O)[O-]. The van der Waals surface area contributed by atoms with Crippen molar-refractivity contribution in [2.75, 3.05) is 5.32 Å². The van der Waals surface area contributed by atoms with Crippen molar-refractivity contribution in [1.29, 1.82) is 0 Å². The molecule has 0 fully saturated rings. The van der Waals surface area contributed by atoms with Gasteiger partial charge in [-0.15, -0.1) is 0 Å². The number of aliphatic carboxylic acids is 1. The van der Waals surface area contributed by atoms with Gasteiger partial charge in [0.1, 0.15) is 0 Å². The number of carboxylic acids is 1. The Morgan fingerprint density at radius 1 is 1.50 bits per heavy atom. The van der Waals surface area contributed by atoms with Crippen LogP contribution in [0.2, 0.25) is 5.02 Å². The summed E-state index contributed by atoms with van der Waals surface area (Å²) in [5.74, 6) is -1.62. The number of benzene rings is 1. The number of anilines is 1. The van der Waals surface area contributed by atoms with Crippen molar-refractivity contribution in [3.05, 3.63) is 51.3 Å². The molecular formula is C9H7ClN2O4. The van der Waals surface area contributed by atoms with E-state index in [0.717, 1.165) is 6.20 Å². The normalized spacial score (nSPS) is 10.9. The number of para-hydroxylation sites is 1. The van der Waals surface area contributed by atoms with Gasteiger partial charge < -0.3 is 10.4 Å². The predicted molar refractivity (Wildman–Crippen MR) is 57.8 cm³/mol. The number of nitrogens with zero attached hydrogens (tertiary/aromatic N) is 1. The first kappa shape index (κ1) is 12.0. The first-order valence-electron chi connectivity index (χ1n) is 4.11. The number of halogens is 1. The van der Waals surface area contributed by atoms with Gasteiger partial charge in [-0.2, -0.15) is 0 Å². The highest BCUT2D eigenvalue weighted by molar-refractivity contribution is 6.33. The third-order valence-electron chi connectivity index (χ3n) is 1.65. The van der Waals surface area contributed by atoms with E-state index in [0.29, 0.717) is 10.7 Å². The Balaban J connectivity index is 2.90. The van der Waals surface area contributed by atoms with Gasteiger partial charge in [-0.3, -0.25) is 10.1 Å². The molecule has 0 saturated carbocycles. The average molecular weight is 243 g/mol. The van der Waals surface area contributed by atoms with Crippen LogP contribution in [-0.4, -0.2) is 16.0 Å². The summed E-state index contributed by atoms with van der Waals surface area (Å²) in [6.45, 7) is 0. The topological polar surface area (TPSA) is 92.5 Å². The quantitative estimate of drug-likeness (QED) is 0.478. The molecule has 0 aliphatic carbocycles. The molecule has 7 heteroatoms. The standard InChI is InChI=1S/C9H7ClN2O4/c10-6-3-1-2-4-7(6)11-5-8(9(13)14)12(15)16/h1-5,11H,(H,13,14). The maximum atomic E-state index is 10.5. The summed E-state index contributed by atoms with van der Waals surface area (Å²) < 4.78 is 0. The van der Waals surface area contributed by atoms with Gasteiger partial charge in [-0.05, 0) is 12.1 Å². The average Bonchev–Trinajstić information content (AvgIpc) is 2.20. The molecule has 0 spiro atoms. The summed E-state index contributed by atoms with van der Waals surface area (Å²) >= 11 is 5.76. The van der Waals surface area contributed by atoms with Crippen LogP contribution in [0.1, 0.15) is 0 Å². The van der Waals surface area contributed by atoms with Crippen molar-refractivity contribution in [3.63, 3.8) is 0 Å². The Morgan fingerprint density at radius 2 is 2.12 bits per heavy atom. The van der Waals surface area contributed by atoms with Gasteiger partial charge in [0, 0.05) is 0 Å². The van der Waals surface area contributed by atoms with Crippen molar-refractivity contribution in [1.82, 2.24) is 0 Å². The highest BCUT2D eigenvalue weighted by Crippen LogP contribution is 2.20. The smallest absolute Gasteiger partial charge is 0.409 e. The van der Waals surface area contributed by atoms with E-state index in [1.807, 2.05) is 0 Å². The number of hydrogen-bond donors (Lipinski definition) is 2. The molecule has 0 amide bonds. The number of carbonyl (C=O) groups is 1. The molecule has 0 aromatic heterocycles. The summed E-state index contributed by atoms with van der Waals surface area (Å²) in [5, 5.41) is 21.6. The molecule has 0 aliphatic rings. The zero-order valence-corrected chi connectivity index (χ0v) is 8.64. The van der Waals surface area contributed by atoms with Gasteiger partial charge in [-0.25, -0.2) is 4.79 Å². The molecule has 0 saturated heterocycles. The van der Waals surface area contributed by atoms with Gasteiger partial charge in [0.05, 0.1) is 21.8 Å². The second-order valence-electron chi connectivity index (χ2n) is 2.72. The Labute approximate surface area is 95.3 Å². The molecule has 0 unspecified atom stereocenters. The molecule has 84 valence electrons. The van der Waals surface area contributed by atoms with E-state index in [-0.39, 0.29) is 0 Å². The monoisotopic (exact) mass is 242 g/mol. The fraction of sp³-hybridized carbons (Fsp3) is 0. The van der Waals surface area contributed by atoms with E-state index < -0.39 is 16.6 Å². The molecule has 0 bridgehead atoms. The third kappa shape index (κ3) is 2.96. The molecule has 1 aromatic rings. The van der Waals surface area contributed by atoms with Crippen molar-refractivity contribution >= 4 is 23.3 Å². The third-order valence-corrected chi connectivity index (χ3v) is 1.98. The van der Waals surface area contributed by atoms with Gasteiger partial charge in [0.2, 0.25) is 0 Å². The van der Waals surface area contributed by atoms with Crippen LogP contribution >= 0.6 is 11.6 Å². The van der Waals surface area contributed by atoms with Crippen molar-refractivity contribution in [2.45, 2.75) is 0 Å². The molecular weight excluding hydrogens is 236 g/mol. The highest BCUT2D eigenvalue weighted by Gasteiger charge is 2.20. The zero-order valence-electron chi connectivity index (χ0n) is 7.88. The summed E-state index contributed by atoms with van der Waals surface area (Å²) in [6, 6.07) is 6.49. The number of hydrogen-bond acceptors (Lipinski definition) is 4. The lowest BCUT2D eigenvalue weighted by atomic mass is 10.3. The first-order chi connectivity index (χ1) is 7.52. The van der Waals surface area contributed by atoms with Crippen LogP contribution < -0.4 is 5.32 Å². The summed E-state index contributed by atoms with van der Waals surface area (Å²) in [6.07, 6.45) is 0.781. The lowest BCUT2D eigenvalue weighted by molar-refractivity contribution is -0.421. The second kappa shape index (κ2) is 5.13. The van der Waals surface area contributed by atoms with Gasteiger partial charge in [0.15, 0.2) is 0 Å². The number of nitro groups is 1. The second-order valence-corrected chi connectivity index (χ2v) is 3.12. The molecule has 0 aliphatic heterocycles. The molecule has 16 heavy (non-hydrogen) atoms. The molecule has 1 aromatic carbocycles. The first-order valence-corrected chi connectivity index (χ1v) is 4.49. The molecule has 2 N–H and O–H groups in total. The Hall–Kier alpha value is -2.08. The maximum Gasteiger partial charge on any atom is 0.409 e. The largest absolute Gasteiger partial charge is 0.473 e. The molecule has 0 heterocycles. The minimum Gasteiger partial charge on any atom is -0.473 e. The van der Waals surface area contributed by atoms with Crippen LogP contribution in [0.25, 0.3) is 0 Å². The summed E-state index contributed by atoms with van der Waals surface area (Å²) in [7, 11) is 0. The van der Waals surface area contributed by atoms with Crippen LogP contribution in [0.4, 0.5) is 5.69 Å². The highest BCUT2D eigenvalue weighted by atomic mass is 35.5. The van der Waals surface area contributed by atoms with Gasteiger partial charge >= 0.3 is 11.7 Å². The minimum atomic E-state index is -1.62. The van der Waals surface area contributed by atoms with Crippen LogP contribution in [0.3, 0.4) is 0 Å². The lowest BCUT2D eigenvalue weighted by Crippen LogP contribution is -2.12. The van der Waals surface area contributed by atoms with E-state index in [1.165, 1.54) is 0 Å². The fourth-order valence-electron chi connectivity index (χ4n) is 0.917. The molecule has 1 rings (SSSR count). The zero-order chi connectivity index (χ0) is 12.1. The van der Waals surface area contributed by atoms with Gasteiger partial charge in [-0.1, -0.05) is 23.7 Å². The van der Waals surface area contributed by atoms with E-state index >= 15 is 0 Å². The number of rotatable bonds is 4. The van der Waals surface area contributed by atoms with E-state index in [1.54, 1.807) is 24.3 Å². The molecule has 0 atom stereocenters. The van der Waals surface area contributed by atoms with Crippen LogP contribution in [0.5, 0.6) is 0 Å². The lowest BCUT2D eigenvalue weighted by Gasteiger charge is -2.02. The fourth-order valence-corrected chi connectivity index (χ4v) is 1.11.